The van der Waals surface area contributed by atoms with Gasteiger partial charge in [0.05, 0.1) is 35.1 Å². The van der Waals surface area contributed by atoms with Crippen LogP contribution in [0.2, 0.25) is 0 Å². The van der Waals surface area contributed by atoms with E-state index < -0.39 is 28.9 Å². The van der Waals surface area contributed by atoms with E-state index in [2.05, 4.69) is 30.6 Å². The molecule has 12 nitrogen and oxygen atoms in total. The Bertz CT molecular complexity index is 2830. The van der Waals surface area contributed by atoms with Crippen molar-refractivity contribution in [2.45, 2.75) is 13.3 Å². The Hall–Kier alpha value is -7.21. The van der Waals surface area contributed by atoms with Crippen LogP contribution in [-0.2, 0) is 25.5 Å². The topological polar surface area (TPSA) is 182 Å². The molecule has 2 amide bonds. The lowest BCUT2D eigenvalue weighted by molar-refractivity contribution is -0.152. The molecule has 12 heteroatoms. The number of fused-ring (bicyclic) bond motifs is 6. The Morgan fingerprint density at radius 2 is 1.13 bits per heavy atom. The Morgan fingerprint density at radius 3 is 1.75 bits per heavy atom. The average molecular weight is 691 g/mol. The van der Waals surface area contributed by atoms with Crippen LogP contribution in [0.3, 0.4) is 0 Å². The normalized spacial score (nSPS) is 11.3. The molecule has 6 N–H and O–H groups in total. The van der Waals surface area contributed by atoms with Crippen molar-refractivity contribution in [3.8, 4) is 22.3 Å². The first-order chi connectivity index (χ1) is 25.3. The Labute approximate surface area is 293 Å². The van der Waals surface area contributed by atoms with Gasteiger partial charge in [0.1, 0.15) is 11.4 Å². The molecule has 8 aromatic rings. The summed E-state index contributed by atoms with van der Waals surface area (Å²) in [6.45, 7) is 1.58. The van der Waals surface area contributed by atoms with E-state index in [1.54, 1.807) is 49.4 Å². The predicted octanol–water partition coefficient (Wildman–Crippen LogP) is 6.35. The van der Waals surface area contributed by atoms with E-state index >= 15 is 0 Å². The minimum absolute atomic E-state index is 0.000434. The van der Waals surface area contributed by atoms with Gasteiger partial charge in [-0.3, -0.25) is 19.2 Å². The van der Waals surface area contributed by atoms with Crippen molar-refractivity contribution in [1.82, 2.24) is 19.9 Å². The van der Waals surface area contributed by atoms with Crippen LogP contribution in [0.4, 0.5) is 11.4 Å². The number of nitrogens with one attached hydrogen (secondary N) is 6. The molecule has 8 rings (SSSR count). The third-order valence-corrected chi connectivity index (χ3v) is 8.95. The molecule has 0 unspecified atom stereocenters. The second kappa shape index (κ2) is 12.9. The predicted molar refractivity (Wildman–Crippen MR) is 201 cm³/mol. The van der Waals surface area contributed by atoms with Gasteiger partial charge in [0, 0.05) is 32.9 Å². The summed E-state index contributed by atoms with van der Waals surface area (Å²) in [6.07, 6.45) is -0.0629. The van der Waals surface area contributed by atoms with E-state index in [1.165, 1.54) is 0 Å². The SMILES string of the molecule is CCOC(=O)C(=O)Nc1c(-c2ccccc2)c2[nH]c3cc(CC(=O)Nc4c(-c5ccccc5)c5[nH]c6ccccc6c5[nH]c4=O)ccc3c2[nH]c1=O. The van der Waals surface area contributed by atoms with Crippen LogP contribution in [0.5, 0.6) is 0 Å². The standard InChI is InChI=1S/C40H30N6O6/c1-2-52-40(51)39(50)46-36-30(23-13-7-4-8-14-23)34-32(45-38(36)49)25-18-17-21(19-27(25)42-34)20-28(47)43-35-29(22-11-5-3-6-12-22)33-31(44-37(35)48)24-15-9-10-16-26(24)41-33/h3-19,41-42H,2,20H2,1H3,(H,43,47)(H,44,48)(H,45,49)(H,46,50). The van der Waals surface area contributed by atoms with E-state index in [0.29, 0.717) is 55.2 Å². The number of benzene rings is 4. The van der Waals surface area contributed by atoms with Crippen molar-refractivity contribution < 1.29 is 19.1 Å². The lowest BCUT2D eigenvalue weighted by Crippen LogP contribution is -2.28. The molecule has 4 aromatic heterocycles. The molecular weight excluding hydrogens is 660 g/mol. The summed E-state index contributed by atoms with van der Waals surface area (Å²) < 4.78 is 4.82. The van der Waals surface area contributed by atoms with Crippen molar-refractivity contribution in [3.63, 3.8) is 0 Å². The maximum atomic E-state index is 13.7. The second-order valence-corrected chi connectivity index (χ2v) is 12.2. The summed E-state index contributed by atoms with van der Waals surface area (Å²) in [5.74, 6) is -2.60. The van der Waals surface area contributed by atoms with Gasteiger partial charge < -0.3 is 35.3 Å². The summed E-state index contributed by atoms with van der Waals surface area (Å²) in [7, 11) is 0. The van der Waals surface area contributed by atoms with E-state index in [4.69, 9.17) is 4.74 Å². The Balaban J connectivity index is 1.17. The van der Waals surface area contributed by atoms with E-state index in [9.17, 15) is 24.0 Å². The zero-order chi connectivity index (χ0) is 35.9. The minimum atomic E-state index is -1.11. The fraction of sp³-hybridized carbons (Fsp3) is 0.0750. The number of rotatable bonds is 7. The highest BCUT2D eigenvalue weighted by Gasteiger charge is 2.24. The first kappa shape index (κ1) is 32.0. The highest BCUT2D eigenvalue weighted by Crippen LogP contribution is 2.37. The summed E-state index contributed by atoms with van der Waals surface area (Å²) in [6, 6.07) is 31.4. The number of para-hydroxylation sites is 1. The fourth-order valence-electron chi connectivity index (χ4n) is 6.72. The van der Waals surface area contributed by atoms with E-state index in [0.717, 1.165) is 16.5 Å². The zero-order valence-electron chi connectivity index (χ0n) is 27.7. The van der Waals surface area contributed by atoms with Crippen LogP contribution < -0.4 is 21.8 Å². The van der Waals surface area contributed by atoms with Gasteiger partial charge in [-0.05, 0) is 35.7 Å². The molecule has 4 aromatic carbocycles. The first-order valence-electron chi connectivity index (χ1n) is 16.6. The molecule has 52 heavy (non-hydrogen) atoms. The summed E-state index contributed by atoms with van der Waals surface area (Å²) >= 11 is 0. The third kappa shape index (κ3) is 5.57. The zero-order valence-corrected chi connectivity index (χ0v) is 27.7. The molecule has 0 fully saturated rings. The smallest absolute Gasteiger partial charge is 0.397 e. The highest BCUT2D eigenvalue weighted by molar-refractivity contribution is 6.38. The van der Waals surface area contributed by atoms with Crippen LogP contribution in [0.25, 0.3) is 66.1 Å². The van der Waals surface area contributed by atoms with Crippen molar-refractivity contribution in [2.75, 3.05) is 17.2 Å². The second-order valence-electron chi connectivity index (χ2n) is 12.2. The molecule has 0 saturated heterocycles. The highest BCUT2D eigenvalue weighted by atomic mass is 16.5. The molecule has 0 spiro atoms. The molecule has 0 aliphatic rings. The third-order valence-electron chi connectivity index (χ3n) is 8.95. The van der Waals surface area contributed by atoms with Gasteiger partial charge in [0.2, 0.25) is 5.91 Å². The molecule has 256 valence electrons. The number of carbonyl (C=O) groups is 3. The Morgan fingerprint density at radius 1 is 0.596 bits per heavy atom. The number of H-pyrrole nitrogens is 4. The van der Waals surface area contributed by atoms with Crippen LogP contribution in [-0.4, -0.2) is 44.3 Å². The van der Waals surface area contributed by atoms with Crippen molar-refractivity contribution in [1.29, 1.82) is 0 Å². The number of amides is 2. The fourth-order valence-corrected chi connectivity index (χ4v) is 6.72. The molecule has 0 aliphatic heterocycles. The number of aromatic nitrogens is 4. The van der Waals surface area contributed by atoms with Crippen LogP contribution in [0.1, 0.15) is 12.5 Å². The van der Waals surface area contributed by atoms with Gasteiger partial charge in [-0.1, -0.05) is 91.0 Å². The van der Waals surface area contributed by atoms with Gasteiger partial charge in [-0.25, -0.2) is 4.79 Å². The molecule has 4 heterocycles. The van der Waals surface area contributed by atoms with Gasteiger partial charge in [0.15, 0.2) is 0 Å². The monoisotopic (exact) mass is 690 g/mol. The number of aromatic amines is 4. The van der Waals surface area contributed by atoms with Crippen LogP contribution in [0, 0.1) is 0 Å². The maximum absolute atomic E-state index is 13.7. The number of ether oxygens (including phenoxy) is 1. The van der Waals surface area contributed by atoms with E-state index in [1.807, 2.05) is 60.7 Å². The van der Waals surface area contributed by atoms with Crippen LogP contribution >= 0.6 is 0 Å². The van der Waals surface area contributed by atoms with Gasteiger partial charge >= 0.3 is 11.9 Å². The number of hydrogen-bond acceptors (Lipinski definition) is 6. The molecule has 0 bridgehead atoms. The number of pyridine rings is 2. The average Bonchev–Trinajstić information content (AvgIpc) is 3.70. The summed E-state index contributed by atoms with van der Waals surface area (Å²) in [5.41, 5.74) is 5.76. The van der Waals surface area contributed by atoms with Gasteiger partial charge in [0.25, 0.3) is 11.1 Å². The Kier molecular flexibility index (Phi) is 7.95. The summed E-state index contributed by atoms with van der Waals surface area (Å²) in [4.78, 5) is 78.1. The molecule has 0 atom stereocenters. The molecule has 0 saturated carbocycles. The van der Waals surface area contributed by atoms with Gasteiger partial charge in [-0.2, -0.15) is 0 Å². The number of esters is 1. The maximum Gasteiger partial charge on any atom is 0.397 e. The van der Waals surface area contributed by atoms with E-state index in [-0.39, 0.29) is 24.4 Å². The largest absolute Gasteiger partial charge is 0.459 e. The number of anilines is 2. The number of hydrogen-bond donors (Lipinski definition) is 6. The molecular formula is C40H30N6O6. The van der Waals surface area contributed by atoms with Crippen molar-refractivity contribution >= 4 is 73.0 Å². The number of carbonyl (C=O) groups excluding carboxylic acids is 3. The van der Waals surface area contributed by atoms with Gasteiger partial charge in [-0.15, -0.1) is 0 Å². The van der Waals surface area contributed by atoms with Crippen molar-refractivity contribution in [2.24, 2.45) is 0 Å². The molecule has 0 radical (unpaired) electrons. The van der Waals surface area contributed by atoms with Crippen molar-refractivity contribution in [3.05, 3.63) is 129 Å². The summed E-state index contributed by atoms with van der Waals surface area (Å²) in [5, 5.41) is 6.85. The molecule has 0 aliphatic carbocycles. The quantitative estimate of drug-likeness (QED) is 0.0837. The lowest BCUT2D eigenvalue weighted by Gasteiger charge is -2.12. The minimum Gasteiger partial charge on any atom is -0.459 e. The lowest BCUT2D eigenvalue weighted by atomic mass is 10.0. The van der Waals surface area contributed by atoms with Crippen LogP contribution in [0.15, 0.2) is 113 Å². The first-order valence-corrected chi connectivity index (χ1v) is 16.6.